The van der Waals surface area contributed by atoms with Gasteiger partial charge in [-0.3, -0.25) is 0 Å². The maximum atomic E-state index is 5.65. The molecule has 1 aliphatic rings. The van der Waals surface area contributed by atoms with Crippen LogP contribution in [0.5, 0.6) is 17.2 Å². The van der Waals surface area contributed by atoms with Crippen LogP contribution in [0.4, 0.5) is 28.4 Å². The second-order valence-electron chi connectivity index (χ2n) is 8.43. The molecule has 8 nitrogen and oxygen atoms in total. The predicted molar refractivity (Wildman–Crippen MR) is 155 cm³/mol. The first-order chi connectivity index (χ1) is 18.5. The Labute approximate surface area is 223 Å². The van der Waals surface area contributed by atoms with Gasteiger partial charge in [0.25, 0.3) is 0 Å². The van der Waals surface area contributed by atoms with Crippen LogP contribution in [0.2, 0.25) is 0 Å². The van der Waals surface area contributed by atoms with Crippen LogP contribution in [0.25, 0.3) is 0 Å². The molecule has 38 heavy (non-hydrogen) atoms. The number of aryl methyl sites for hydroxylation is 1. The summed E-state index contributed by atoms with van der Waals surface area (Å²) in [6.07, 6.45) is 5.63. The molecule has 0 aliphatic heterocycles. The van der Waals surface area contributed by atoms with Crippen molar-refractivity contribution in [3.05, 3.63) is 84.1 Å². The lowest BCUT2D eigenvalue weighted by Crippen LogP contribution is -2.09. The molecule has 2 N–H and O–H groups in total. The van der Waals surface area contributed by atoms with Crippen molar-refractivity contribution in [1.82, 2.24) is 0 Å². The number of allylic oxidation sites excluding steroid dienone is 3. The number of aliphatic imine (C=N–C) groups is 2. The fourth-order valence-corrected chi connectivity index (χ4v) is 3.97. The minimum absolute atomic E-state index is 0.607. The Morgan fingerprint density at radius 1 is 0.684 bits per heavy atom. The van der Waals surface area contributed by atoms with Crippen molar-refractivity contribution >= 4 is 39.9 Å². The summed E-state index contributed by atoms with van der Waals surface area (Å²) >= 11 is 0. The molecule has 0 saturated carbocycles. The van der Waals surface area contributed by atoms with Crippen molar-refractivity contribution < 1.29 is 18.9 Å². The standard InChI is InChI=1S/C30H32N4O4/c1-19-7-11-24(27(15-19)35-3)32-21-9-13-26(29(17-21)37-5)34-22-10-14-25(30(18-22)38-6)33-20-8-12-23(31-2)28(16-20)36-4/h7-18,31,33H,1-6H3. The van der Waals surface area contributed by atoms with Gasteiger partial charge in [-0.05, 0) is 61.0 Å². The lowest BCUT2D eigenvalue weighted by molar-refractivity contribution is 0.316. The van der Waals surface area contributed by atoms with E-state index in [1.807, 2.05) is 86.8 Å². The molecule has 1 aliphatic carbocycles. The smallest absolute Gasteiger partial charge is 0.146 e. The van der Waals surface area contributed by atoms with E-state index in [2.05, 4.69) is 10.6 Å². The lowest BCUT2D eigenvalue weighted by atomic mass is 10.1. The van der Waals surface area contributed by atoms with E-state index in [1.165, 1.54) is 0 Å². The Morgan fingerprint density at radius 2 is 1.42 bits per heavy atom. The summed E-state index contributed by atoms with van der Waals surface area (Å²) in [4.78, 5) is 9.51. The fraction of sp³-hybridized carbons (Fsp3) is 0.200. The molecule has 0 radical (unpaired) electrons. The first-order valence-electron chi connectivity index (χ1n) is 12.0. The van der Waals surface area contributed by atoms with Gasteiger partial charge in [-0.2, -0.15) is 0 Å². The summed E-state index contributed by atoms with van der Waals surface area (Å²) in [7, 11) is 8.39. The summed E-state index contributed by atoms with van der Waals surface area (Å²) in [6.45, 7) is 2.02. The van der Waals surface area contributed by atoms with E-state index in [9.17, 15) is 0 Å². The SMILES string of the molecule is CNc1ccc(Nc2ccc(N=C3C=CC(=Nc4ccc(C)cc4OC)C=C3OC)cc2OC)cc1OC. The Bertz CT molecular complexity index is 1440. The number of benzene rings is 3. The number of rotatable bonds is 9. The lowest BCUT2D eigenvalue weighted by Gasteiger charge is -2.15. The van der Waals surface area contributed by atoms with Gasteiger partial charge < -0.3 is 29.6 Å². The first kappa shape index (κ1) is 26.3. The molecule has 0 fully saturated rings. The van der Waals surface area contributed by atoms with Gasteiger partial charge in [0.1, 0.15) is 34.4 Å². The maximum Gasteiger partial charge on any atom is 0.146 e. The zero-order valence-corrected chi connectivity index (χ0v) is 22.5. The molecule has 0 spiro atoms. The third kappa shape index (κ3) is 5.98. The second-order valence-corrected chi connectivity index (χ2v) is 8.43. The Kier molecular flexibility index (Phi) is 8.33. The van der Waals surface area contributed by atoms with E-state index in [0.717, 1.165) is 51.2 Å². The minimum atomic E-state index is 0.607. The van der Waals surface area contributed by atoms with Crippen LogP contribution in [0, 0.1) is 6.92 Å². The molecule has 0 saturated heterocycles. The van der Waals surface area contributed by atoms with Crippen molar-refractivity contribution in [1.29, 1.82) is 0 Å². The molecule has 0 unspecified atom stereocenters. The molecular weight excluding hydrogens is 480 g/mol. The van der Waals surface area contributed by atoms with E-state index in [-0.39, 0.29) is 0 Å². The largest absolute Gasteiger partial charge is 0.495 e. The third-order valence-corrected chi connectivity index (χ3v) is 5.93. The van der Waals surface area contributed by atoms with Crippen LogP contribution in [0.1, 0.15) is 5.56 Å². The van der Waals surface area contributed by atoms with Gasteiger partial charge in [0.15, 0.2) is 0 Å². The average Bonchev–Trinajstić information content (AvgIpc) is 2.95. The number of anilines is 3. The zero-order valence-electron chi connectivity index (χ0n) is 22.5. The number of ether oxygens (including phenoxy) is 4. The van der Waals surface area contributed by atoms with Gasteiger partial charge in [0.05, 0.1) is 51.2 Å². The third-order valence-electron chi connectivity index (χ3n) is 5.93. The summed E-state index contributed by atoms with van der Waals surface area (Å²) in [5.74, 6) is 2.72. The Hall–Kier alpha value is -4.72. The van der Waals surface area contributed by atoms with Crippen LogP contribution >= 0.6 is 0 Å². The molecule has 0 atom stereocenters. The van der Waals surface area contributed by atoms with Crippen LogP contribution in [-0.4, -0.2) is 46.9 Å². The molecule has 0 aromatic heterocycles. The van der Waals surface area contributed by atoms with Crippen LogP contribution < -0.4 is 24.8 Å². The highest BCUT2D eigenvalue weighted by Crippen LogP contribution is 2.35. The van der Waals surface area contributed by atoms with E-state index in [1.54, 1.807) is 28.4 Å². The normalized spacial score (nSPS) is 14.7. The highest BCUT2D eigenvalue weighted by atomic mass is 16.5. The number of methoxy groups -OCH3 is 4. The number of nitrogens with zero attached hydrogens (tertiary/aromatic N) is 2. The molecule has 0 amide bonds. The number of hydrogen-bond donors (Lipinski definition) is 2. The highest BCUT2D eigenvalue weighted by molar-refractivity contribution is 6.21. The predicted octanol–water partition coefficient (Wildman–Crippen LogP) is 6.75. The molecule has 0 bridgehead atoms. The Balaban J connectivity index is 1.58. The van der Waals surface area contributed by atoms with Crippen molar-refractivity contribution in [3.63, 3.8) is 0 Å². The van der Waals surface area contributed by atoms with Crippen LogP contribution in [0.15, 0.2) is 88.6 Å². The molecular formula is C30H32N4O4. The highest BCUT2D eigenvalue weighted by Gasteiger charge is 2.14. The van der Waals surface area contributed by atoms with Crippen molar-refractivity contribution in [3.8, 4) is 17.2 Å². The molecule has 196 valence electrons. The molecule has 0 heterocycles. The number of nitrogens with one attached hydrogen (secondary N) is 2. The van der Waals surface area contributed by atoms with Gasteiger partial charge in [-0.1, -0.05) is 6.07 Å². The first-order valence-corrected chi connectivity index (χ1v) is 12.0. The summed E-state index contributed by atoms with van der Waals surface area (Å²) in [5.41, 5.74) is 6.57. The number of hydrogen-bond acceptors (Lipinski definition) is 8. The van der Waals surface area contributed by atoms with Gasteiger partial charge >= 0.3 is 0 Å². The summed E-state index contributed by atoms with van der Waals surface area (Å²) in [5, 5.41) is 6.50. The van der Waals surface area contributed by atoms with Gasteiger partial charge in [-0.15, -0.1) is 0 Å². The van der Waals surface area contributed by atoms with Crippen LogP contribution in [0.3, 0.4) is 0 Å². The monoisotopic (exact) mass is 512 g/mol. The van der Waals surface area contributed by atoms with Gasteiger partial charge in [0, 0.05) is 30.9 Å². The summed E-state index contributed by atoms with van der Waals surface area (Å²) < 4.78 is 22.2. The summed E-state index contributed by atoms with van der Waals surface area (Å²) in [6, 6.07) is 17.5. The molecule has 4 rings (SSSR count). The minimum Gasteiger partial charge on any atom is -0.495 e. The zero-order chi connectivity index (χ0) is 27.1. The molecule has 3 aromatic carbocycles. The topological polar surface area (TPSA) is 85.7 Å². The molecule has 3 aromatic rings. The van der Waals surface area contributed by atoms with E-state index in [0.29, 0.717) is 17.2 Å². The van der Waals surface area contributed by atoms with Crippen molar-refractivity contribution in [2.24, 2.45) is 9.98 Å². The van der Waals surface area contributed by atoms with E-state index < -0.39 is 0 Å². The Morgan fingerprint density at radius 3 is 2.13 bits per heavy atom. The maximum absolute atomic E-state index is 5.65. The van der Waals surface area contributed by atoms with Crippen molar-refractivity contribution in [2.75, 3.05) is 46.1 Å². The fourth-order valence-electron chi connectivity index (χ4n) is 3.97. The molecule has 8 heteroatoms. The average molecular weight is 513 g/mol. The van der Waals surface area contributed by atoms with Gasteiger partial charge in [-0.25, -0.2) is 9.98 Å². The van der Waals surface area contributed by atoms with E-state index >= 15 is 0 Å². The van der Waals surface area contributed by atoms with Crippen LogP contribution in [-0.2, 0) is 4.74 Å². The van der Waals surface area contributed by atoms with Gasteiger partial charge in [0.2, 0.25) is 0 Å². The quantitative estimate of drug-likeness (QED) is 0.309. The second kappa shape index (κ2) is 12.0. The van der Waals surface area contributed by atoms with E-state index in [4.69, 9.17) is 28.9 Å². The van der Waals surface area contributed by atoms with Crippen molar-refractivity contribution in [2.45, 2.75) is 6.92 Å².